The second-order valence-corrected chi connectivity index (χ2v) is 4.75. The average Bonchev–Trinajstić information content (AvgIpc) is 2.77. The summed E-state index contributed by atoms with van der Waals surface area (Å²) in [5.41, 5.74) is 0. The van der Waals surface area contributed by atoms with Crippen LogP contribution in [-0.2, 0) is 9.59 Å². The van der Waals surface area contributed by atoms with Crippen LogP contribution in [0.1, 0.15) is 13.8 Å². The Hall–Kier alpha value is -2.66. The van der Waals surface area contributed by atoms with Crippen LogP contribution in [-0.4, -0.2) is 73.8 Å². The fourth-order valence-electron chi connectivity index (χ4n) is 2.68. The number of hydrazine groups is 2. The van der Waals surface area contributed by atoms with Crippen molar-refractivity contribution in [3.63, 3.8) is 0 Å². The van der Waals surface area contributed by atoms with Crippen LogP contribution in [0.15, 0.2) is 0 Å². The summed E-state index contributed by atoms with van der Waals surface area (Å²) in [6, 6.07) is 0. The lowest BCUT2D eigenvalue weighted by Crippen LogP contribution is -2.67. The molecule has 2 fully saturated rings. The summed E-state index contributed by atoms with van der Waals surface area (Å²) in [6.07, 6.45) is -2.36. The highest BCUT2D eigenvalue weighted by atomic mass is 16.7. The molecule has 0 aromatic rings. The van der Waals surface area contributed by atoms with Crippen molar-refractivity contribution in [3.05, 3.63) is 20.2 Å². The molecule has 0 spiro atoms. The maximum atomic E-state index is 11.7. The summed E-state index contributed by atoms with van der Waals surface area (Å²) in [4.78, 5) is 47.7. The van der Waals surface area contributed by atoms with Crippen LogP contribution in [0.5, 0.6) is 0 Å². The van der Waals surface area contributed by atoms with Gasteiger partial charge in [0.15, 0.2) is 10.1 Å². The first-order chi connectivity index (χ1) is 9.75. The van der Waals surface area contributed by atoms with E-state index in [2.05, 4.69) is 0 Å². The van der Waals surface area contributed by atoms with Crippen molar-refractivity contribution in [2.24, 2.45) is 0 Å². The molecule has 2 amide bonds. The molecule has 0 saturated carbocycles. The number of hydrogen-bond donors (Lipinski definition) is 0. The minimum atomic E-state index is -1.18. The fraction of sp³-hybridized carbons (Fsp3) is 0.778. The quantitative estimate of drug-likeness (QED) is 0.435. The number of hydrogen-bond acceptors (Lipinski definition) is 6. The van der Waals surface area contributed by atoms with Crippen molar-refractivity contribution in [1.29, 1.82) is 0 Å². The summed E-state index contributed by atoms with van der Waals surface area (Å²) in [5.74, 6) is -0.989. The van der Waals surface area contributed by atoms with E-state index in [-0.39, 0.29) is 19.8 Å². The maximum absolute atomic E-state index is 11.7. The van der Waals surface area contributed by atoms with Crippen molar-refractivity contribution in [1.82, 2.24) is 19.8 Å². The number of amides is 2. The maximum Gasteiger partial charge on any atom is 0.222 e. The Bertz CT molecular complexity index is 467. The van der Waals surface area contributed by atoms with Gasteiger partial charge in [0, 0.05) is 13.8 Å². The summed E-state index contributed by atoms with van der Waals surface area (Å²) in [6.45, 7) is 1.75. The molecule has 0 radical (unpaired) electrons. The van der Waals surface area contributed by atoms with E-state index in [1.807, 2.05) is 0 Å². The molecule has 0 unspecified atom stereocenters. The largest absolute Gasteiger partial charge is 0.296 e. The van der Waals surface area contributed by atoms with Gasteiger partial charge in [0.05, 0.1) is 0 Å². The van der Waals surface area contributed by atoms with E-state index in [9.17, 15) is 29.8 Å². The zero-order valence-corrected chi connectivity index (χ0v) is 11.4. The van der Waals surface area contributed by atoms with Crippen molar-refractivity contribution in [3.8, 4) is 0 Å². The van der Waals surface area contributed by atoms with Crippen LogP contribution in [0.2, 0.25) is 0 Å². The molecule has 0 aromatic heterocycles. The topological polar surface area (TPSA) is 133 Å². The minimum absolute atomic E-state index is 0.214. The molecule has 2 aliphatic heterocycles. The van der Waals surface area contributed by atoms with Gasteiger partial charge < -0.3 is 0 Å². The third-order valence-corrected chi connectivity index (χ3v) is 3.61. The van der Waals surface area contributed by atoms with Crippen molar-refractivity contribution in [2.45, 2.75) is 26.2 Å². The molecule has 2 saturated heterocycles. The molecular weight excluding hydrogens is 288 g/mol. The Balaban J connectivity index is 2.46. The van der Waals surface area contributed by atoms with Crippen molar-refractivity contribution < 1.29 is 19.7 Å². The first-order valence-corrected chi connectivity index (χ1v) is 6.12. The van der Waals surface area contributed by atoms with Gasteiger partial charge in [-0.2, -0.15) is 0 Å². The zero-order valence-electron chi connectivity index (χ0n) is 11.4. The lowest BCUT2D eigenvalue weighted by Gasteiger charge is -2.37. The van der Waals surface area contributed by atoms with Gasteiger partial charge in [0.1, 0.15) is 19.8 Å². The SMILES string of the molecule is CC(=O)N1CN(C(C)=O)[C@@H]2[C@@H]1N([N+](=O)[O-])CCN2[N+](=O)[O-]. The zero-order chi connectivity index (χ0) is 15.9. The Morgan fingerprint density at radius 1 is 0.905 bits per heavy atom. The van der Waals surface area contributed by atoms with Crippen LogP contribution >= 0.6 is 0 Å². The minimum Gasteiger partial charge on any atom is -0.296 e. The van der Waals surface area contributed by atoms with E-state index in [0.29, 0.717) is 0 Å². The Labute approximate surface area is 118 Å². The average molecular weight is 302 g/mol. The summed E-state index contributed by atoms with van der Waals surface area (Å²) >= 11 is 0. The molecule has 12 heteroatoms. The highest BCUT2D eigenvalue weighted by molar-refractivity contribution is 5.78. The van der Waals surface area contributed by atoms with E-state index in [1.165, 1.54) is 13.8 Å². The molecule has 0 bridgehead atoms. The van der Waals surface area contributed by atoms with E-state index in [0.717, 1.165) is 19.8 Å². The second kappa shape index (κ2) is 5.03. The normalized spacial score (nSPS) is 24.9. The molecule has 2 atom stereocenters. The molecular formula is C9H14N6O6. The Morgan fingerprint density at radius 2 is 1.24 bits per heavy atom. The van der Waals surface area contributed by atoms with Gasteiger partial charge in [0.2, 0.25) is 24.1 Å². The lowest BCUT2D eigenvalue weighted by atomic mass is 10.2. The number of carbonyl (C=O) groups excluding carboxylic acids is 2. The standard InChI is InChI=1S/C9H14N6O6/c1-6(16)10-5-11(7(2)17)9-8(10)12(14(18)19)3-4-13(9)15(20)21/h8-9H,3-5H2,1-2H3/t8-,9-/m0/s1. The van der Waals surface area contributed by atoms with E-state index >= 15 is 0 Å². The Kier molecular flexibility index (Phi) is 3.53. The molecule has 2 aliphatic rings. The molecule has 0 N–H and O–H groups in total. The highest BCUT2D eigenvalue weighted by Gasteiger charge is 2.58. The highest BCUT2D eigenvalue weighted by Crippen LogP contribution is 2.30. The molecule has 0 aromatic carbocycles. The number of piperazine rings is 1. The predicted molar refractivity (Wildman–Crippen MR) is 64.9 cm³/mol. The first kappa shape index (κ1) is 14.7. The van der Waals surface area contributed by atoms with Gasteiger partial charge in [0.25, 0.3) is 0 Å². The summed E-state index contributed by atoms with van der Waals surface area (Å²) in [5, 5.41) is 22.4. The predicted octanol–water partition coefficient (Wildman–Crippen LogP) is -1.69. The van der Waals surface area contributed by atoms with Gasteiger partial charge in [-0.25, -0.2) is 20.2 Å². The second-order valence-electron chi connectivity index (χ2n) is 4.75. The molecule has 2 heterocycles. The molecule has 0 aliphatic carbocycles. The van der Waals surface area contributed by atoms with Crippen molar-refractivity contribution in [2.75, 3.05) is 19.8 Å². The van der Waals surface area contributed by atoms with Gasteiger partial charge in [-0.15, -0.1) is 0 Å². The first-order valence-electron chi connectivity index (χ1n) is 6.12. The smallest absolute Gasteiger partial charge is 0.222 e. The number of nitro groups is 2. The van der Waals surface area contributed by atoms with E-state index in [4.69, 9.17) is 0 Å². The van der Waals surface area contributed by atoms with Crippen LogP contribution in [0.25, 0.3) is 0 Å². The Morgan fingerprint density at radius 3 is 1.48 bits per heavy atom. The number of carbonyl (C=O) groups is 2. The van der Waals surface area contributed by atoms with Crippen LogP contribution < -0.4 is 0 Å². The van der Waals surface area contributed by atoms with Crippen LogP contribution in [0.4, 0.5) is 0 Å². The molecule has 21 heavy (non-hydrogen) atoms. The number of nitrogens with zero attached hydrogens (tertiary/aromatic N) is 6. The number of fused-ring (bicyclic) bond motifs is 1. The van der Waals surface area contributed by atoms with Crippen LogP contribution in [0.3, 0.4) is 0 Å². The van der Waals surface area contributed by atoms with Gasteiger partial charge in [-0.1, -0.05) is 10.0 Å². The summed E-state index contributed by atoms with van der Waals surface area (Å²) < 4.78 is 0. The van der Waals surface area contributed by atoms with E-state index in [1.54, 1.807) is 0 Å². The number of rotatable bonds is 2. The third kappa shape index (κ3) is 2.28. The van der Waals surface area contributed by atoms with E-state index < -0.39 is 34.2 Å². The monoisotopic (exact) mass is 302 g/mol. The fourth-order valence-corrected chi connectivity index (χ4v) is 2.68. The van der Waals surface area contributed by atoms with Gasteiger partial charge in [-0.05, 0) is 0 Å². The molecule has 2 rings (SSSR count). The van der Waals surface area contributed by atoms with Gasteiger partial charge in [-0.3, -0.25) is 19.4 Å². The third-order valence-electron chi connectivity index (χ3n) is 3.61. The lowest BCUT2D eigenvalue weighted by molar-refractivity contribution is -0.712. The van der Waals surface area contributed by atoms with Crippen LogP contribution in [0, 0.1) is 20.2 Å². The molecule has 12 nitrogen and oxygen atoms in total. The molecule has 116 valence electrons. The van der Waals surface area contributed by atoms with Gasteiger partial charge >= 0.3 is 0 Å². The summed E-state index contributed by atoms with van der Waals surface area (Å²) in [7, 11) is 0. The van der Waals surface area contributed by atoms with Crippen molar-refractivity contribution >= 4 is 11.8 Å².